The molecule has 1 heterocycles. The molecule has 4 rings (SSSR count). The summed E-state index contributed by atoms with van der Waals surface area (Å²) in [7, 11) is -1.05. The molecule has 0 fully saturated rings. The third kappa shape index (κ3) is 5.55. The molecule has 1 aromatic heterocycles. The van der Waals surface area contributed by atoms with Gasteiger partial charge in [0, 0.05) is 19.8 Å². The minimum absolute atomic E-state index is 0.0173. The zero-order valence-corrected chi connectivity index (χ0v) is 23.6. The zero-order chi connectivity index (χ0) is 29.2. The van der Waals surface area contributed by atoms with Gasteiger partial charge in [-0.2, -0.15) is 0 Å². The predicted octanol–water partition coefficient (Wildman–Crippen LogP) is 3.80. The molecule has 0 spiro atoms. The van der Waals surface area contributed by atoms with Gasteiger partial charge >= 0.3 is 5.97 Å². The molecule has 0 saturated carbocycles. The third-order valence-corrected chi connectivity index (χ3v) is 7.98. The molecule has 0 aliphatic carbocycles. The number of anilines is 2. The molecule has 1 N–H and O–H groups in total. The number of hydrogen-bond donors (Lipinski definition) is 1. The van der Waals surface area contributed by atoms with Gasteiger partial charge in [0.15, 0.2) is 6.10 Å². The number of amides is 1. The lowest BCUT2D eigenvalue weighted by molar-refractivity contribution is -0.126. The molecule has 1 atom stereocenters. The maximum atomic E-state index is 13.3. The van der Waals surface area contributed by atoms with Crippen molar-refractivity contribution < 1.29 is 22.7 Å². The van der Waals surface area contributed by atoms with Gasteiger partial charge in [-0.3, -0.25) is 19.0 Å². The summed E-state index contributed by atoms with van der Waals surface area (Å²) in [4.78, 5) is 40.2. The van der Waals surface area contributed by atoms with Crippen LogP contribution in [0.2, 0.25) is 0 Å². The molecule has 11 heteroatoms. The number of nitrogens with one attached hydrogen (secondary N) is 1. The molecule has 0 aliphatic heterocycles. The van der Waals surface area contributed by atoms with E-state index in [1.54, 1.807) is 81.2 Å². The van der Waals surface area contributed by atoms with Gasteiger partial charge in [0.25, 0.3) is 21.5 Å². The molecule has 0 unspecified atom stereocenters. The lowest BCUT2D eigenvalue weighted by Gasteiger charge is -2.22. The van der Waals surface area contributed by atoms with Crippen molar-refractivity contribution in [1.29, 1.82) is 0 Å². The number of hydrogen-bond acceptors (Lipinski definition) is 6. The Morgan fingerprint density at radius 3 is 2.17 bits per heavy atom. The van der Waals surface area contributed by atoms with Crippen LogP contribution in [0.4, 0.5) is 11.4 Å². The molecule has 0 radical (unpaired) electrons. The zero-order valence-electron chi connectivity index (χ0n) is 22.8. The van der Waals surface area contributed by atoms with Crippen LogP contribution < -0.4 is 15.2 Å². The van der Waals surface area contributed by atoms with Gasteiger partial charge in [-0.25, -0.2) is 17.9 Å². The van der Waals surface area contributed by atoms with Crippen LogP contribution in [0, 0.1) is 13.8 Å². The Morgan fingerprint density at radius 1 is 0.950 bits per heavy atom. The first-order valence-electron chi connectivity index (χ1n) is 12.4. The van der Waals surface area contributed by atoms with Gasteiger partial charge in [0.1, 0.15) is 5.69 Å². The van der Waals surface area contributed by atoms with E-state index in [-0.39, 0.29) is 16.1 Å². The summed E-state index contributed by atoms with van der Waals surface area (Å²) in [6.45, 7) is 4.71. The molecule has 10 nitrogen and oxygen atoms in total. The Morgan fingerprint density at radius 2 is 1.55 bits per heavy atom. The predicted molar refractivity (Wildman–Crippen MR) is 152 cm³/mol. The second-order valence-electron chi connectivity index (χ2n) is 9.30. The smallest absolute Gasteiger partial charge is 0.339 e. The fraction of sp³-hybridized carbons (Fsp3) is 0.207. The molecule has 40 heavy (non-hydrogen) atoms. The van der Waals surface area contributed by atoms with Gasteiger partial charge in [-0.05, 0) is 62.7 Å². The number of sulfonamides is 1. The molecule has 0 saturated heterocycles. The van der Waals surface area contributed by atoms with E-state index in [1.165, 1.54) is 34.7 Å². The highest BCUT2D eigenvalue weighted by Crippen LogP contribution is 2.22. The van der Waals surface area contributed by atoms with Gasteiger partial charge in [-0.15, -0.1) is 0 Å². The quantitative estimate of drug-likeness (QED) is 0.326. The summed E-state index contributed by atoms with van der Waals surface area (Å²) in [5.41, 5.74) is 1.40. The minimum Gasteiger partial charge on any atom is -0.449 e. The average molecular weight is 563 g/mol. The van der Waals surface area contributed by atoms with Crippen LogP contribution >= 0.6 is 0 Å². The van der Waals surface area contributed by atoms with E-state index in [0.717, 1.165) is 0 Å². The van der Waals surface area contributed by atoms with E-state index in [4.69, 9.17) is 4.74 Å². The summed E-state index contributed by atoms with van der Waals surface area (Å²) in [6, 6.07) is 21.7. The van der Waals surface area contributed by atoms with E-state index in [2.05, 4.69) is 4.72 Å². The normalized spacial score (nSPS) is 12.0. The number of ether oxygens (including phenoxy) is 1. The Hall–Kier alpha value is -4.64. The molecule has 1 amide bonds. The molecule has 0 bridgehead atoms. The number of rotatable bonds is 8. The molecule has 3 aromatic carbocycles. The standard InChI is InChI=1S/C29H30N4O6S/c1-19-16-17-24(18-25(19)29(36)39-21(3)27(34)31(4)22-12-8-6-9-13-22)40(37,38)30-26-20(2)32(5)33(28(26)35)23-14-10-7-11-15-23/h6-18,21,30H,1-5H3/t21-/m1/s1. The van der Waals surface area contributed by atoms with Crippen LogP contribution in [0.1, 0.15) is 28.5 Å². The van der Waals surface area contributed by atoms with Crippen LogP contribution in [0.3, 0.4) is 0 Å². The molecular weight excluding hydrogens is 532 g/mol. The van der Waals surface area contributed by atoms with E-state index in [1.807, 2.05) is 12.1 Å². The van der Waals surface area contributed by atoms with Crippen molar-refractivity contribution in [1.82, 2.24) is 9.36 Å². The summed E-state index contributed by atoms with van der Waals surface area (Å²) >= 11 is 0. The number of aromatic nitrogens is 2. The highest BCUT2D eigenvalue weighted by Gasteiger charge is 2.27. The highest BCUT2D eigenvalue weighted by molar-refractivity contribution is 7.92. The van der Waals surface area contributed by atoms with E-state index >= 15 is 0 Å². The number of carbonyl (C=O) groups excluding carboxylic acids is 2. The van der Waals surface area contributed by atoms with Gasteiger partial charge < -0.3 is 9.64 Å². The second-order valence-corrected chi connectivity index (χ2v) is 11.0. The SMILES string of the molecule is Cc1ccc(S(=O)(=O)Nc2c(C)n(C)n(-c3ccccc3)c2=O)cc1C(=O)O[C@H](C)C(=O)N(C)c1ccccc1. The van der Waals surface area contributed by atoms with Crippen LogP contribution in [0.5, 0.6) is 0 Å². The Balaban J connectivity index is 1.58. The van der Waals surface area contributed by atoms with Gasteiger partial charge in [-0.1, -0.05) is 42.5 Å². The number of carbonyl (C=O) groups is 2. The van der Waals surface area contributed by atoms with Crippen LogP contribution in [-0.4, -0.2) is 42.8 Å². The van der Waals surface area contributed by atoms with Gasteiger partial charge in [0.05, 0.1) is 21.8 Å². The lowest BCUT2D eigenvalue weighted by atomic mass is 10.1. The Kier molecular flexibility index (Phi) is 7.96. The van der Waals surface area contributed by atoms with E-state index in [0.29, 0.717) is 22.6 Å². The van der Waals surface area contributed by atoms with Crippen molar-refractivity contribution >= 4 is 33.3 Å². The van der Waals surface area contributed by atoms with Gasteiger partial charge in [0.2, 0.25) is 0 Å². The number of esters is 1. The van der Waals surface area contributed by atoms with Crippen molar-refractivity contribution in [3.63, 3.8) is 0 Å². The number of likely N-dealkylation sites (N-methyl/N-ethyl adjacent to an activating group) is 1. The summed E-state index contributed by atoms with van der Waals surface area (Å²) in [5.74, 6) is -1.30. The first kappa shape index (κ1) is 28.4. The maximum absolute atomic E-state index is 13.3. The van der Waals surface area contributed by atoms with Crippen molar-refractivity contribution in [2.24, 2.45) is 7.05 Å². The summed E-state index contributed by atoms with van der Waals surface area (Å²) in [5, 5.41) is 0. The van der Waals surface area contributed by atoms with Crippen molar-refractivity contribution in [3.05, 3.63) is 106 Å². The highest BCUT2D eigenvalue weighted by atomic mass is 32.2. The van der Waals surface area contributed by atoms with Crippen molar-refractivity contribution in [2.75, 3.05) is 16.7 Å². The minimum atomic E-state index is -4.27. The van der Waals surface area contributed by atoms with Crippen molar-refractivity contribution in [2.45, 2.75) is 31.8 Å². The Labute approximate surface area is 232 Å². The third-order valence-electron chi connectivity index (χ3n) is 6.64. The second kappa shape index (κ2) is 11.2. The average Bonchev–Trinajstić information content (AvgIpc) is 3.15. The van der Waals surface area contributed by atoms with Crippen LogP contribution in [0.15, 0.2) is 88.6 Å². The Bertz CT molecular complexity index is 1730. The summed E-state index contributed by atoms with van der Waals surface area (Å²) < 4.78 is 37.4. The molecule has 208 valence electrons. The lowest BCUT2D eigenvalue weighted by Crippen LogP contribution is -2.37. The van der Waals surface area contributed by atoms with Crippen LogP contribution in [0.25, 0.3) is 5.69 Å². The fourth-order valence-electron chi connectivity index (χ4n) is 4.19. The number of para-hydroxylation sites is 2. The van der Waals surface area contributed by atoms with Crippen LogP contribution in [-0.2, 0) is 26.6 Å². The largest absolute Gasteiger partial charge is 0.449 e. The number of nitrogens with zero attached hydrogens (tertiary/aromatic N) is 3. The van der Waals surface area contributed by atoms with Crippen molar-refractivity contribution in [3.8, 4) is 5.69 Å². The molecule has 0 aliphatic rings. The molecule has 4 aromatic rings. The fourth-order valence-corrected chi connectivity index (χ4v) is 5.34. The maximum Gasteiger partial charge on any atom is 0.339 e. The number of benzene rings is 3. The van der Waals surface area contributed by atoms with E-state index in [9.17, 15) is 22.8 Å². The first-order chi connectivity index (χ1) is 18.9. The first-order valence-corrected chi connectivity index (χ1v) is 13.9. The monoisotopic (exact) mass is 562 g/mol. The molecular formula is C29H30N4O6S. The van der Waals surface area contributed by atoms with E-state index < -0.39 is 33.6 Å². The topological polar surface area (TPSA) is 120 Å². The number of aryl methyl sites for hydroxylation is 1. The summed E-state index contributed by atoms with van der Waals surface area (Å²) in [6.07, 6.45) is -1.13.